The van der Waals surface area contributed by atoms with Crippen LogP contribution >= 0.6 is 15.9 Å². The molecule has 0 unspecified atom stereocenters. The maximum absolute atomic E-state index is 12.7. The van der Waals surface area contributed by atoms with Gasteiger partial charge < -0.3 is 10.6 Å². The Morgan fingerprint density at radius 2 is 1.95 bits per heavy atom. The number of amides is 1. The summed E-state index contributed by atoms with van der Waals surface area (Å²) < 4.78 is 0.896. The third-order valence-electron chi connectivity index (χ3n) is 2.95. The van der Waals surface area contributed by atoms with E-state index < -0.39 is 0 Å². The van der Waals surface area contributed by atoms with Crippen LogP contribution in [0.5, 0.6) is 0 Å². The fourth-order valence-corrected chi connectivity index (χ4v) is 2.44. The summed E-state index contributed by atoms with van der Waals surface area (Å²) in [7, 11) is 0. The largest absolute Gasteiger partial charge is 0.399 e. The van der Waals surface area contributed by atoms with Crippen LogP contribution in [0, 0.1) is 0 Å². The number of rotatable bonds is 4. The first-order chi connectivity index (χ1) is 9.61. The summed E-state index contributed by atoms with van der Waals surface area (Å²) in [5.74, 6) is -0.0150. The van der Waals surface area contributed by atoms with Gasteiger partial charge in [-0.1, -0.05) is 35.0 Å². The molecule has 2 rings (SSSR count). The third-order valence-corrected chi connectivity index (χ3v) is 3.44. The molecule has 4 heteroatoms. The predicted molar refractivity (Wildman–Crippen MR) is 87.0 cm³/mol. The van der Waals surface area contributed by atoms with Crippen molar-refractivity contribution >= 4 is 33.2 Å². The Kier molecular flexibility index (Phi) is 4.79. The Balaban J connectivity index is 2.35. The van der Waals surface area contributed by atoms with E-state index in [-0.39, 0.29) is 5.91 Å². The lowest BCUT2D eigenvalue weighted by atomic mass is 10.1. The van der Waals surface area contributed by atoms with Crippen molar-refractivity contribution < 1.29 is 4.79 Å². The van der Waals surface area contributed by atoms with Crippen LogP contribution in [0.1, 0.15) is 23.7 Å². The fourth-order valence-electron chi connectivity index (χ4n) is 2.04. The molecule has 0 aliphatic rings. The average molecular weight is 333 g/mol. The number of hydrogen-bond donors (Lipinski definition) is 1. The highest BCUT2D eigenvalue weighted by Gasteiger charge is 2.17. The highest BCUT2D eigenvalue weighted by Crippen LogP contribution is 2.21. The molecule has 0 heterocycles. The van der Waals surface area contributed by atoms with E-state index in [2.05, 4.69) is 15.9 Å². The summed E-state index contributed by atoms with van der Waals surface area (Å²) in [5, 5.41) is 0. The molecule has 0 spiro atoms. The predicted octanol–water partition coefficient (Wildman–Crippen LogP) is 4.09. The normalized spacial score (nSPS) is 10.3. The lowest BCUT2D eigenvalue weighted by molar-refractivity contribution is 0.0987. The highest BCUT2D eigenvalue weighted by molar-refractivity contribution is 9.10. The molecule has 1 amide bonds. The lowest BCUT2D eigenvalue weighted by Crippen LogP contribution is -2.31. The first-order valence-corrected chi connectivity index (χ1v) is 7.34. The quantitative estimate of drug-likeness (QED) is 0.857. The van der Waals surface area contributed by atoms with Crippen LogP contribution in [0.15, 0.2) is 53.0 Å². The first-order valence-electron chi connectivity index (χ1n) is 6.55. The molecule has 0 aliphatic carbocycles. The summed E-state index contributed by atoms with van der Waals surface area (Å²) in [6.45, 7) is 2.71. The second kappa shape index (κ2) is 6.57. The molecule has 0 aromatic heterocycles. The van der Waals surface area contributed by atoms with Gasteiger partial charge in [0.1, 0.15) is 0 Å². The van der Waals surface area contributed by atoms with Crippen LogP contribution in [-0.2, 0) is 0 Å². The zero-order valence-electron chi connectivity index (χ0n) is 11.3. The first kappa shape index (κ1) is 14.6. The molecule has 104 valence electrons. The van der Waals surface area contributed by atoms with E-state index in [4.69, 9.17) is 5.73 Å². The molecule has 20 heavy (non-hydrogen) atoms. The molecule has 0 fully saturated rings. The van der Waals surface area contributed by atoms with E-state index >= 15 is 0 Å². The van der Waals surface area contributed by atoms with Crippen LogP contribution in [0.4, 0.5) is 11.4 Å². The molecule has 0 bridgehead atoms. The van der Waals surface area contributed by atoms with E-state index in [1.807, 2.05) is 55.5 Å². The zero-order valence-corrected chi connectivity index (χ0v) is 12.9. The van der Waals surface area contributed by atoms with Gasteiger partial charge in [-0.05, 0) is 42.8 Å². The number of carbonyl (C=O) groups is 1. The van der Waals surface area contributed by atoms with E-state index in [0.717, 1.165) is 16.6 Å². The molecular weight excluding hydrogens is 316 g/mol. The summed E-state index contributed by atoms with van der Waals surface area (Å²) in [4.78, 5) is 14.4. The minimum absolute atomic E-state index is 0.0150. The van der Waals surface area contributed by atoms with Crippen LogP contribution in [0.25, 0.3) is 0 Å². The van der Waals surface area contributed by atoms with Crippen molar-refractivity contribution in [3.05, 3.63) is 58.6 Å². The van der Waals surface area contributed by atoms with Gasteiger partial charge in [-0.25, -0.2) is 0 Å². The van der Waals surface area contributed by atoms with Gasteiger partial charge in [0, 0.05) is 28.0 Å². The topological polar surface area (TPSA) is 46.3 Å². The minimum atomic E-state index is -0.0150. The maximum atomic E-state index is 12.7. The molecule has 2 aromatic carbocycles. The van der Waals surface area contributed by atoms with E-state index in [1.165, 1.54) is 0 Å². The van der Waals surface area contributed by atoms with Gasteiger partial charge in [0.25, 0.3) is 5.91 Å². The molecule has 3 nitrogen and oxygen atoms in total. The Morgan fingerprint density at radius 1 is 1.20 bits per heavy atom. The van der Waals surface area contributed by atoms with Crippen molar-refractivity contribution in [2.75, 3.05) is 17.2 Å². The number of nitrogens with zero attached hydrogens (tertiary/aromatic N) is 1. The molecule has 0 radical (unpaired) electrons. The number of benzene rings is 2. The van der Waals surface area contributed by atoms with Gasteiger partial charge in [-0.15, -0.1) is 0 Å². The Hall–Kier alpha value is -1.81. The molecule has 0 saturated heterocycles. The maximum Gasteiger partial charge on any atom is 0.258 e. The molecule has 0 atom stereocenters. The van der Waals surface area contributed by atoms with Crippen LogP contribution < -0.4 is 10.6 Å². The van der Waals surface area contributed by atoms with Crippen molar-refractivity contribution in [1.29, 1.82) is 0 Å². The molecular formula is C16H17BrN2O. The van der Waals surface area contributed by atoms with Crippen LogP contribution in [-0.4, -0.2) is 12.5 Å². The Bertz CT molecular complexity index is 613. The number of halogens is 1. The third kappa shape index (κ3) is 3.39. The van der Waals surface area contributed by atoms with E-state index in [9.17, 15) is 4.79 Å². The minimum Gasteiger partial charge on any atom is -0.399 e. The number of anilines is 2. The second-order valence-electron chi connectivity index (χ2n) is 4.56. The summed E-state index contributed by atoms with van der Waals surface area (Å²) in [6, 6.07) is 14.8. The van der Waals surface area contributed by atoms with Crippen molar-refractivity contribution in [3.8, 4) is 0 Å². The molecule has 0 saturated carbocycles. The van der Waals surface area contributed by atoms with E-state index in [0.29, 0.717) is 17.8 Å². The van der Waals surface area contributed by atoms with Gasteiger partial charge in [-0.3, -0.25) is 4.79 Å². The van der Waals surface area contributed by atoms with Gasteiger partial charge in [0.05, 0.1) is 0 Å². The van der Waals surface area contributed by atoms with Crippen molar-refractivity contribution in [1.82, 2.24) is 0 Å². The molecule has 2 aromatic rings. The van der Waals surface area contributed by atoms with E-state index in [1.54, 1.807) is 4.90 Å². The van der Waals surface area contributed by atoms with Gasteiger partial charge >= 0.3 is 0 Å². The van der Waals surface area contributed by atoms with Crippen LogP contribution in [0.3, 0.4) is 0 Å². The monoisotopic (exact) mass is 332 g/mol. The van der Waals surface area contributed by atoms with Gasteiger partial charge in [0.2, 0.25) is 0 Å². The van der Waals surface area contributed by atoms with Gasteiger partial charge in [-0.2, -0.15) is 0 Å². The smallest absolute Gasteiger partial charge is 0.258 e. The van der Waals surface area contributed by atoms with Crippen LogP contribution in [0.2, 0.25) is 0 Å². The van der Waals surface area contributed by atoms with Crippen molar-refractivity contribution in [2.24, 2.45) is 0 Å². The van der Waals surface area contributed by atoms with Crippen molar-refractivity contribution in [3.63, 3.8) is 0 Å². The van der Waals surface area contributed by atoms with Gasteiger partial charge in [0.15, 0.2) is 0 Å². The van der Waals surface area contributed by atoms with Crippen molar-refractivity contribution in [2.45, 2.75) is 13.3 Å². The Morgan fingerprint density at radius 3 is 2.60 bits per heavy atom. The zero-order chi connectivity index (χ0) is 14.5. The average Bonchev–Trinajstić information content (AvgIpc) is 2.44. The number of hydrogen-bond acceptors (Lipinski definition) is 2. The number of carbonyl (C=O) groups excluding carboxylic acids is 1. The molecule has 0 aliphatic heterocycles. The number of nitrogens with two attached hydrogens (primary N) is 1. The molecule has 2 N–H and O–H groups in total. The fraction of sp³-hybridized carbons (Fsp3) is 0.188. The number of nitrogen functional groups attached to an aromatic ring is 1. The highest BCUT2D eigenvalue weighted by atomic mass is 79.9. The second-order valence-corrected chi connectivity index (χ2v) is 5.48. The summed E-state index contributed by atoms with van der Waals surface area (Å²) in [6.07, 6.45) is 0.883. The standard InChI is InChI=1S/C16H17BrN2O/c1-2-9-19(15-8-4-7-14(18)11-15)16(20)12-5-3-6-13(17)10-12/h3-8,10-11H,2,9,18H2,1H3. The Labute approximate surface area is 127 Å². The summed E-state index contributed by atoms with van der Waals surface area (Å²) in [5.41, 5.74) is 7.96. The summed E-state index contributed by atoms with van der Waals surface area (Å²) >= 11 is 3.40. The SMILES string of the molecule is CCCN(C(=O)c1cccc(Br)c1)c1cccc(N)c1. The lowest BCUT2D eigenvalue weighted by Gasteiger charge is -2.22.